The van der Waals surface area contributed by atoms with E-state index in [2.05, 4.69) is 31.7 Å². The number of nitrogens with zero attached hydrogens (tertiary/aromatic N) is 3. The fourth-order valence-electron chi connectivity index (χ4n) is 8.40. The van der Waals surface area contributed by atoms with E-state index in [1.165, 1.54) is 30.8 Å². The zero-order valence-corrected chi connectivity index (χ0v) is 35.0. The molecular formula is C45H64N4O4S. The Kier molecular flexibility index (Phi) is 13.9. The summed E-state index contributed by atoms with van der Waals surface area (Å²) in [4.78, 5) is 42.5. The van der Waals surface area contributed by atoms with Gasteiger partial charge in [0.1, 0.15) is 11.3 Å². The Morgan fingerprint density at radius 3 is 2.52 bits per heavy atom. The van der Waals surface area contributed by atoms with Crippen LogP contribution < -0.4 is 0 Å². The lowest BCUT2D eigenvalue weighted by Crippen LogP contribution is -2.38. The van der Waals surface area contributed by atoms with Gasteiger partial charge in [-0.25, -0.2) is 0 Å². The van der Waals surface area contributed by atoms with Crippen molar-refractivity contribution < 1.29 is 19.1 Å². The van der Waals surface area contributed by atoms with Gasteiger partial charge in [0, 0.05) is 31.0 Å². The number of ether oxygens (including phenoxy) is 1. The fraction of sp³-hybridized carbons (Fsp3) is 0.622. The van der Waals surface area contributed by atoms with Gasteiger partial charge in [-0.15, -0.1) is 0 Å². The van der Waals surface area contributed by atoms with Crippen molar-refractivity contribution in [2.75, 3.05) is 24.6 Å². The minimum absolute atomic E-state index is 0.0209. The first-order chi connectivity index (χ1) is 25.7. The number of carbonyl (C=O) groups is 3. The fourth-order valence-corrected chi connectivity index (χ4v) is 9.36. The summed E-state index contributed by atoms with van der Waals surface area (Å²) >= 11 is 2.06. The number of aryl methyl sites for hydroxylation is 1. The highest BCUT2D eigenvalue weighted by atomic mass is 32.2. The molecule has 2 aliphatic heterocycles. The van der Waals surface area contributed by atoms with Crippen molar-refractivity contribution in [3.8, 4) is 0 Å². The number of likely N-dealkylation sites (tertiary alicyclic amines) is 1. The molecule has 8 nitrogen and oxygen atoms in total. The van der Waals surface area contributed by atoms with Crippen molar-refractivity contribution in [2.45, 2.75) is 137 Å². The Hall–Kier alpha value is -3.46. The number of ketones is 1. The number of amides is 1. The first kappa shape index (κ1) is 41.7. The van der Waals surface area contributed by atoms with Gasteiger partial charge in [0.2, 0.25) is 0 Å². The third kappa shape index (κ3) is 9.85. The van der Waals surface area contributed by atoms with E-state index in [-0.39, 0.29) is 35.2 Å². The third-order valence-electron chi connectivity index (χ3n) is 11.6. The van der Waals surface area contributed by atoms with Crippen LogP contribution in [0.2, 0.25) is 0 Å². The van der Waals surface area contributed by atoms with Gasteiger partial charge >= 0.3 is 5.97 Å². The standard InChI is InChI=1S/C45H64N4O4S/c1-9-21-45(10-2,22-17-31(4)43(52)53-44(6,7)8)49-38-16-13-30(3)41(50)39(38)40(47-49)37(46)29-35-14-15-36(32(5)27-35)42(51)48-23-18-34(19-24-48)28-33-12-11-25-54-26-20-33/h13-16,27-28,30-31,34,46H,9-12,17-26,29H2,1-8H3/b33-28-,46-37?. The van der Waals surface area contributed by atoms with Gasteiger partial charge in [-0.1, -0.05) is 64.0 Å². The van der Waals surface area contributed by atoms with Crippen molar-refractivity contribution in [2.24, 2.45) is 17.8 Å². The van der Waals surface area contributed by atoms with E-state index in [4.69, 9.17) is 9.84 Å². The average Bonchev–Trinajstić information content (AvgIpc) is 3.35. The molecule has 5 rings (SSSR count). The first-order valence-corrected chi connectivity index (χ1v) is 21.6. The molecule has 9 heteroatoms. The number of benzene rings is 1. The van der Waals surface area contributed by atoms with Crippen LogP contribution >= 0.6 is 11.8 Å². The van der Waals surface area contributed by atoms with E-state index in [1.54, 1.807) is 5.57 Å². The number of nitrogens with one attached hydrogen (secondary N) is 1. The molecule has 0 spiro atoms. The average molecular weight is 757 g/mol. The largest absolute Gasteiger partial charge is 0.460 e. The van der Waals surface area contributed by atoms with Crippen molar-refractivity contribution in [1.82, 2.24) is 14.7 Å². The summed E-state index contributed by atoms with van der Waals surface area (Å²) in [5.74, 6) is 2.33. The Bertz CT molecular complexity index is 1750. The summed E-state index contributed by atoms with van der Waals surface area (Å²) in [6.45, 7) is 17.3. The van der Waals surface area contributed by atoms with Gasteiger partial charge in [0.25, 0.3) is 5.91 Å². The molecule has 1 amide bonds. The SMILES string of the molecule is CCCC(CC)(CCC(C)C(=O)OC(C)(C)C)n1nc(C(=N)Cc2ccc(C(=O)N3CCC(/C=C4/CCCSCC4)CC3)c(C)c2)c2c1C=CC(C)C2=O. The number of fused-ring (bicyclic) bond motifs is 1. The van der Waals surface area contributed by atoms with E-state index >= 15 is 0 Å². The maximum Gasteiger partial charge on any atom is 0.309 e. The Balaban J connectivity index is 1.33. The molecule has 54 heavy (non-hydrogen) atoms. The second kappa shape index (κ2) is 18.0. The Labute approximate surface area is 328 Å². The van der Waals surface area contributed by atoms with Crippen LogP contribution in [0.25, 0.3) is 6.08 Å². The Morgan fingerprint density at radius 1 is 1.11 bits per heavy atom. The van der Waals surface area contributed by atoms with Crippen LogP contribution in [0.3, 0.4) is 0 Å². The summed E-state index contributed by atoms with van der Waals surface area (Å²) in [6, 6.07) is 5.88. The first-order valence-electron chi connectivity index (χ1n) is 20.5. The summed E-state index contributed by atoms with van der Waals surface area (Å²) < 4.78 is 7.71. The van der Waals surface area contributed by atoms with Crippen molar-refractivity contribution >= 4 is 41.2 Å². The molecule has 0 saturated carbocycles. The predicted octanol–water partition coefficient (Wildman–Crippen LogP) is 10.0. The van der Waals surface area contributed by atoms with Gasteiger partial charge < -0.3 is 15.0 Å². The van der Waals surface area contributed by atoms with Crippen LogP contribution in [0, 0.1) is 30.1 Å². The number of rotatable bonds is 13. The lowest BCUT2D eigenvalue weighted by molar-refractivity contribution is -0.159. The summed E-state index contributed by atoms with van der Waals surface area (Å²) in [7, 11) is 0. The highest BCUT2D eigenvalue weighted by Crippen LogP contribution is 2.39. The number of Topliss-reactive ketones (excluding diaryl/α,β-unsaturated/α-hetero) is 1. The predicted molar refractivity (Wildman–Crippen MR) is 222 cm³/mol. The van der Waals surface area contributed by atoms with Gasteiger partial charge in [0.05, 0.1) is 28.4 Å². The number of piperidine rings is 1. The highest BCUT2D eigenvalue weighted by molar-refractivity contribution is 7.99. The molecule has 2 saturated heterocycles. The normalized spacial score (nSPS) is 20.7. The molecule has 1 N–H and O–H groups in total. The Morgan fingerprint density at radius 2 is 1.85 bits per heavy atom. The van der Waals surface area contributed by atoms with Gasteiger partial charge in [-0.2, -0.15) is 16.9 Å². The molecule has 3 heterocycles. The van der Waals surface area contributed by atoms with Crippen LogP contribution in [0.5, 0.6) is 0 Å². The smallest absolute Gasteiger partial charge is 0.309 e. The summed E-state index contributed by atoms with van der Waals surface area (Å²) in [6.07, 6.45) is 16.3. The molecular weight excluding hydrogens is 693 g/mol. The van der Waals surface area contributed by atoms with Gasteiger partial charge in [-0.3, -0.25) is 19.1 Å². The molecule has 3 unspecified atom stereocenters. The second-order valence-electron chi connectivity index (χ2n) is 17.1. The van der Waals surface area contributed by atoms with Crippen LogP contribution in [0.15, 0.2) is 35.9 Å². The van der Waals surface area contributed by atoms with E-state index in [9.17, 15) is 19.8 Å². The second-order valence-corrected chi connectivity index (χ2v) is 18.3. The molecule has 3 aliphatic rings. The van der Waals surface area contributed by atoms with Gasteiger partial charge in [-0.05, 0) is 126 Å². The van der Waals surface area contributed by atoms with E-state index in [0.29, 0.717) is 42.0 Å². The number of thioether (sulfide) groups is 1. The zero-order valence-electron chi connectivity index (χ0n) is 34.2. The monoisotopic (exact) mass is 756 g/mol. The number of carbonyl (C=O) groups excluding carboxylic acids is 3. The van der Waals surface area contributed by atoms with E-state index < -0.39 is 11.1 Å². The van der Waals surface area contributed by atoms with E-state index in [0.717, 1.165) is 62.0 Å². The number of hydrogen-bond donors (Lipinski definition) is 1. The molecule has 294 valence electrons. The quantitative estimate of drug-likeness (QED) is 0.124. The molecule has 2 fully saturated rings. The minimum Gasteiger partial charge on any atom is -0.460 e. The lowest BCUT2D eigenvalue weighted by atomic mass is 9.82. The third-order valence-corrected chi connectivity index (χ3v) is 12.7. The minimum atomic E-state index is -0.550. The van der Waals surface area contributed by atoms with Gasteiger partial charge in [0.15, 0.2) is 5.78 Å². The van der Waals surface area contributed by atoms with Crippen LogP contribution in [0.1, 0.15) is 156 Å². The van der Waals surface area contributed by atoms with E-state index in [1.807, 2.05) is 81.5 Å². The zero-order chi connectivity index (χ0) is 39.2. The van der Waals surface area contributed by atoms with Crippen LogP contribution in [-0.4, -0.2) is 68.2 Å². The number of aromatic nitrogens is 2. The maximum absolute atomic E-state index is 13.8. The molecule has 1 aliphatic carbocycles. The van der Waals surface area contributed by atoms with Crippen molar-refractivity contribution in [3.63, 3.8) is 0 Å². The van der Waals surface area contributed by atoms with Crippen LogP contribution in [0.4, 0.5) is 0 Å². The summed E-state index contributed by atoms with van der Waals surface area (Å²) in [5, 5.41) is 14.5. The van der Waals surface area contributed by atoms with Crippen LogP contribution in [-0.2, 0) is 21.5 Å². The lowest BCUT2D eigenvalue weighted by Gasteiger charge is -2.36. The molecule has 1 aromatic heterocycles. The molecule has 0 radical (unpaired) electrons. The maximum atomic E-state index is 13.8. The highest BCUT2D eigenvalue weighted by Gasteiger charge is 2.39. The molecule has 2 aromatic rings. The molecule has 0 bridgehead atoms. The molecule has 1 aromatic carbocycles. The number of esters is 1. The summed E-state index contributed by atoms with van der Waals surface area (Å²) in [5.41, 5.74) is 5.14. The number of allylic oxidation sites excluding steroid dienone is 3. The van der Waals surface area contributed by atoms with Crippen molar-refractivity contribution in [1.29, 1.82) is 5.41 Å². The van der Waals surface area contributed by atoms with Crippen molar-refractivity contribution in [3.05, 3.63) is 69.6 Å². The molecule has 3 atom stereocenters. The topological polar surface area (TPSA) is 105 Å². The number of hydrogen-bond acceptors (Lipinski definition) is 7.